The average Bonchev–Trinajstić information content (AvgIpc) is 2.81. The summed E-state index contributed by atoms with van der Waals surface area (Å²) in [5.41, 5.74) is -0.802. The summed E-state index contributed by atoms with van der Waals surface area (Å²) in [5, 5.41) is 12.2. The Hall–Kier alpha value is -1.52. The van der Waals surface area contributed by atoms with Gasteiger partial charge in [-0.15, -0.1) is 0 Å². The van der Waals surface area contributed by atoms with Gasteiger partial charge in [0, 0.05) is 19.1 Å². The standard InChI is InChI=1S/C13H20N2O3/c1-13(11(16)17)7-4-8-15(9-13)12(18)14-10-5-2-3-6-10/h2-3,10H,4-9H2,1H3,(H,14,18)(H,16,17). The third-order valence-electron chi connectivity index (χ3n) is 3.84. The number of rotatable bonds is 2. The fourth-order valence-corrected chi connectivity index (χ4v) is 2.59. The number of hydrogen-bond donors (Lipinski definition) is 2. The highest BCUT2D eigenvalue weighted by molar-refractivity contribution is 5.78. The van der Waals surface area contributed by atoms with Gasteiger partial charge in [-0.1, -0.05) is 12.2 Å². The van der Waals surface area contributed by atoms with Gasteiger partial charge in [-0.2, -0.15) is 0 Å². The first kappa shape index (κ1) is 12.9. The van der Waals surface area contributed by atoms with Crippen LogP contribution in [0, 0.1) is 5.41 Å². The van der Waals surface area contributed by atoms with Crippen molar-refractivity contribution in [2.24, 2.45) is 5.41 Å². The van der Waals surface area contributed by atoms with Crippen LogP contribution >= 0.6 is 0 Å². The number of carboxylic acid groups (broad SMARTS) is 1. The second-order valence-corrected chi connectivity index (χ2v) is 5.48. The average molecular weight is 252 g/mol. The van der Waals surface area contributed by atoms with Crippen molar-refractivity contribution in [1.82, 2.24) is 10.2 Å². The van der Waals surface area contributed by atoms with E-state index in [1.165, 1.54) is 0 Å². The zero-order chi connectivity index (χ0) is 13.2. The lowest BCUT2D eigenvalue weighted by molar-refractivity contribution is -0.150. The predicted molar refractivity (Wildman–Crippen MR) is 67.2 cm³/mol. The van der Waals surface area contributed by atoms with Gasteiger partial charge in [0.1, 0.15) is 0 Å². The van der Waals surface area contributed by atoms with Crippen molar-refractivity contribution in [3.8, 4) is 0 Å². The van der Waals surface area contributed by atoms with Gasteiger partial charge in [-0.05, 0) is 32.6 Å². The van der Waals surface area contributed by atoms with Crippen LogP contribution in [0.5, 0.6) is 0 Å². The van der Waals surface area contributed by atoms with Crippen LogP contribution in [0.15, 0.2) is 12.2 Å². The molecule has 2 amide bonds. The number of aliphatic carboxylic acids is 1. The lowest BCUT2D eigenvalue weighted by atomic mass is 9.82. The van der Waals surface area contributed by atoms with Gasteiger partial charge >= 0.3 is 12.0 Å². The summed E-state index contributed by atoms with van der Waals surface area (Å²) in [7, 11) is 0. The highest BCUT2D eigenvalue weighted by Crippen LogP contribution is 2.29. The van der Waals surface area contributed by atoms with Gasteiger partial charge in [-0.25, -0.2) is 4.79 Å². The largest absolute Gasteiger partial charge is 0.481 e. The Kier molecular flexibility index (Phi) is 3.59. The van der Waals surface area contributed by atoms with Crippen molar-refractivity contribution in [3.05, 3.63) is 12.2 Å². The van der Waals surface area contributed by atoms with Crippen LogP contribution in [0.3, 0.4) is 0 Å². The number of piperidine rings is 1. The van der Waals surface area contributed by atoms with E-state index in [4.69, 9.17) is 0 Å². The minimum Gasteiger partial charge on any atom is -0.481 e. The van der Waals surface area contributed by atoms with Crippen molar-refractivity contribution in [3.63, 3.8) is 0 Å². The topological polar surface area (TPSA) is 69.6 Å². The summed E-state index contributed by atoms with van der Waals surface area (Å²) in [6.07, 6.45) is 7.24. The normalized spacial score (nSPS) is 28.4. The number of carbonyl (C=O) groups excluding carboxylic acids is 1. The van der Waals surface area contributed by atoms with Crippen molar-refractivity contribution >= 4 is 12.0 Å². The summed E-state index contributed by atoms with van der Waals surface area (Å²) >= 11 is 0. The Morgan fingerprint density at radius 1 is 1.39 bits per heavy atom. The number of amides is 2. The van der Waals surface area contributed by atoms with E-state index in [1.807, 2.05) is 0 Å². The molecule has 1 heterocycles. The molecule has 0 aromatic heterocycles. The Bertz CT molecular complexity index is 372. The molecule has 0 spiro atoms. The van der Waals surface area contributed by atoms with Crippen LogP contribution in [-0.2, 0) is 4.79 Å². The number of nitrogens with one attached hydrogen (secondary N) is 1. The Morgan fingerprint density at radius 2 is 2.06 bits per heavy atom. The summed E-state index contributed by atoms with van der Waals surface area (Å²) in [6, 6.07) is 0.0476. The molecule has 1 fully saturated rings. The monoisotopic (exact) mass is 252 g/mol. The molecule has 2 aliphatic rings. The third-order valence-corrected chi connectivity index (χ3v) is 3.84. The maximum atomic E-state index is 12.1. The molecule has 1 atom stereocenters. The Labute approximate surface area is 107 Å². The lowest BCUT2D eigenvalue weighted by Crippen LogP contribution is -2.52. The van der Waals surface area contributed by atoms with Gasteiger partial charge in [0.15, 0.2) is 0 Å². The number of likely N-dealkylation sites (tertiary alicyclic amines) is 1. The van der Waals surface area contributed by atoms with Crippen LogP contribution in [0.2, 0.25) is 0 Å². The fourth-order valence-electron chi connectivity index (χ4n) is 2.59. The number of carbonyl (C=O) groups is 2. The molecule has 0 radical (unpaired) electrons. The zero-order valence-electron chi connectivity index (χ0n) is 10.7. The summed E-state index contributed by atoms with van der Waals surface area (Å²) < 4.78 is 0. The minimum absolute atomic E-state index is 0.129. The van der Waals surface area contributed by atoms with E-state index in [0.717, 1.165) is 19.3 Å². The van der Waals surface area contributed by atoms with E-state index < -0.39 is 11.4 Å². The molecule has 2 rings (SSSR count). The molecule has 1 saturated heterocycles. The first-order valence-electron chi connectivity index (χ1n) is 6.45. The van der Waals surface area contributed by atoms with Crippen LogP contribution in [0.4, 0.5) is 4.79 Å². The second-order valence-electron chi connectivity index (χ2n) is 5.48. The van der Waals surface area contributed by atoms with Crippen molar-refractivity contribution < 1.29 is 14.7 Å². The maximum absolute atomic E-state index is 12.1. The van der Waals surface area contributed by atoms with Crippen LogP contribution in [-0.4, -0.2) is 41.1 Å². The number of urea groups is 1. The van der Waals surface area contributed by atoms with Gasteiger partial charge < -0.3 is 15.3 Å². The van der Waals surface area contributed by atoms with E-state index >= 15 is 0 Å². The zero-order valence-corrected chi connectivity index (χ0v) is 10.7. The van der Waals surface area contributed by atoms with Crippen LogP contribution in [0.1, 0.15) is 32.6 Å². The van der Waals surface area contributed by atoms with Gasteiger partial charge in [0.2, 0.25) is 0 Å². The molecule has 100 valence electrons. The van der Waals surface area contributed by atoms with Crippen molar-refractivity contribution in [2.75, 3.05) is 13.1 Å². The van der Waals surface area contributed by atoms with Crippen LogP contribution in [0.25, 0.3) is 0 Å². The maximum Gasteiger partial charge on any atom is 0.317 e. The number of nitrogens with zero attached hydrogens (tertiary/aromatic N) is 1. The summed E-state index contributed by atoms with van der Waals surface area (Å²) in [5.74, 6) is -0.817. The minimum atomic E-state index is -0.817. The first-order valence-corrected chi connectivity index (χ1v) is 6.45. The molecule has 2 N–H and O–H groups in total. The van der Waals surface area contributed by atoms with Gasteiger partial charge in [0.05, 0.1) is 5.41 Å². The number of hydrogen-bond acceptors (Lipinski definition) is 2. The summed E-state index contributed by atoms with van der Waals surface area (Å²) in [4.78, 5) is 24.9. The molecule has 0 aromatic carbocycles. The molecule has 18 heavy (non-hydrogen) atoms. The van der Waals surface area contributed by atoms with Crippen LogP contribution < -0.4 is 5.32 Å². The van der Waals surface area contributed by atoms with E-state index in [0.29, 0.717) is 19.5 Å². The predicted octanol–water partition coefficient (Wildman–Crippen LogP) is 1.60. The molecule has 0 saturated carbocycles. The Balaban J connectivity index is 1.92. The van der Waals surface area contributed by atoms with Gasteiger partial charge in [-0.3, -0.25) is 4.79 Å². The number of carboxylic acids is 1. The molecule has 5 heteroatoms. The van der Waals surface area contributed by atoms with Gasteiger partial charge in [0.25, 0.3) is 0 Å². The highest BCUT2D eigenvalue weighted by Gasteiger charge is 2.39. The molecular weight excluding hydrogens is 232 g/mol. The molecular formula is C13H20N2O3. The molecule has 0 aromatic rings. The molecule has 5 nitrogen and oxygen atoms in total. The van der Waals surface area contributed by atoms with E-state index in [9.17, 15) is 14.7 Å². The van der Waals surface area contributed by atoms with E-state index in [-0.39, 0.29) is 12.1 Å². The second kappa shape index (κ2) is 5.00. The molecule has 1 unspecified atom stereocenters. The quantitative estimate of drug-likeness (QED) is 0.733. The molecule has 1 aliphatic carbocycles. The molecule has 1 aliphatic heterocycles. The summed E-state index contributed by atoms with van der Waals surface area (Å²) in [6.45, 7) is 2.66. The Morgan fingerprint density at radius 3 is 2.67 bits per heavy atom. The fraction of sp³-hybridized carbons (Fsp3) is 0.692. The lowest BCUT2D eigenvalue weighted by Gasteiger charge is -2.37. The smallest absolute Gasteiger partial charge is 0.317 e. The van der Waals surface area contributed by atoms with E-state index in [2.05, 4.69) is 17.5 Å². The van der Waals surface area contributed by atoms with E-state index in [1.54, 1.807) is 11.8 Å². The SMILES string of the molecule is CC1(C(=O)O)CCCN(C(=O)NC2CC=CC2)C1. The van der Waals surface area contributed by atoms with Crippen molar-refractivity contribution in [1.29, 1.82) is 0 Å². The molecule has 0 bridgehead atoms. The highest BCUT2D eigenvalue weighted by atomic mass is 16.4. The third kappa shape index (κ3) is 2.66. The van der Waals surface area contributed by atoms with Crippen molar-refractivity contribution in [2.45, 2.75) is 38.6 Å². The first-order chi connectivity index (χ1) is 8.51.